The minimum atomic E-state index is -0.671. The Hall–Kier alpha value is -2.28. The molecular weight excluding hydrogens is 206 g/mol. The van der Waals surface area contributed by atoms with Crippen molar-refractivity contribution < 1.29 is 14.3 Å². The molecule has 0 spiro atoms. The number of nitrogens with zero attached hydrogens (tertiary/aromatic N) is 1. The van der Waals surface area contributed by atoms with E-state index in [0.29, 0.717) is 0 Å². The maximum absolute atomic E-state index is 11.0. The first-order chi connectivity index (χ1) is 7.67. The Bertz CT molecular complexity index is 440. The summed E-state index contributed by atoms with van der Waals surface area (Å²) in [6.07, 6.45) is 2.60. The van der Waals surface area contributed by atoms with Crippen LogP contribution in [-0.4, -0.2) is 13.1 Å². The van der Waals surface area contributed by atoms with Gasteiger partial charge in [0.2, 0.25) is 0 Å². The van der Waals surface area contributed by atoms with Crippen molar-refractivity contribution in [2.75, 3.05) is 7.11 Å². The lowest BCUT2D eigenvalue weighted by molar-refractivity contribution is -0.131. The molecule has 1 aromatic carbocycles. The van der Waals surface area contributed by atoms with E-state index in [0.717, 1.165) is 16.9 Å². The number of rotatable bonds is 3. The van der Waals surface area contributed by atoms with E-state index in [1.807, 2.05) is 12.1 Å². The molecule has 4 heteroatoms. The Morgan fingerprint density at radius 3 is 2.50 bits per heavy atom. The number of hydrogen-bond donors (Lipinski definition) is 0. The topological polar surface area (TPSA) is 59.3 Å². The first-order valence-electron chi connectivity index (χ1n) is 4.60. The summed E-state index contributed by atoms with van der Waals surface area (Å²) in [5, 5.41) is 8.15. The number of ether oxygens (including phenoxy) is 2. The predicted molar refractivity (Wildman–Crippen MR) is 58.4 cm³/mol. The smallest absolute Gasteiger partial charge is 0.346 e. The summed E-state index contributed by atoms with van der Waals surface area (Å²) < 4.78 is 9.16. The number of carbonyl (C=O) groups excluding carboxylic acids is 1. The van der Waals surface area contributed by atoms with E-state index < -0.39 is 5.97 Å². The largest absolute Gasteiger partial charge is 0.497 e. The molecule has 82 valence electrons. The maximum atomic E-state index is 11.0. The van der Waals surface area contributed by atoms with Crippen LogP contribution in [0.2, 0.25) is 0 Å². The Balaban J connectivity index is 2.84. The first-order valence-corrected chi connectivity index (χ1v) is 4.60. The van der Waals surface area contributed by atoms with E-state index in [-0.39, 0.29) is 0 Å². The summed E-state index contributed by atoms with van der Waals surface area (Å²) >= 11 is 0. The van der Waals surface area contributed by atoms with Gasteiger partial charge in [-0.2, -0.15) is 0 Å². The molecule has 0 radical (unpaired) electrons. The van der Waals surface area contributed by atoms with E-state index in [4.69, 9.17) is 10.00 Å². The third-order valence-corrected chi connectivity index (χ3v) is 2.03. The lowest BCUT2D eigenvalue weighted by Crippen LogP contribution is -1.95. The molecule has 0 unspecified atom stereocenters. The summed E-state index contributed by atoms with van der Waals surface area (Å²) in [4.78, 5) is 11.0. The average molecular weight is 217 g/mol. The zero-order valence-corrected chi connectivity index (χ0v) is 9.06. The van der Waals surface area contributed by atoms with Crippen LogP contribution >= 0.6 is 0 Å². The van der Waals surface area contributed by atoms with Gasteiger partial charge in [0.05, 0.1) is 7.11 Å². The highest BCUT2D eigenvalue weighted by Crippen LogP contribution is 2.17. The van der Waals surface area contributed by atoms with Gasteiger partial charge in [0.25, 0.3) is 6.26 Å². The summed E-state index contributed by atoms with van der Waals surface area (Å²) in [5.41, 5.74) is 1.60. The molecule has 0 amide bonds. The van der Waals surface area contributed by atoms with Crippen molar-refractivity contribution in [3.8, 4) is 12.0 Å². The molecule has 16 heavy (non-hydrogen) atoms. The van der Waals surface area contributed by atoms with E-state index in [1.54, 1.807) is 26.2 Å². The van der Waals surface area contributed by atoms with Crippen LogP contribution in [0.4, 0.5) is 0 Å². The van der Waals surface area contributed by atoms with E-state index in [2.05, 4.69) is 4.74 Å². The van der Waals surface area contributed by atoms with Crippen molar-refractivity contribution in [3.05, 3.63) is 35.9 Å². The summed E-state index contributed by atoms with van der Waals surface area (Å²) in [7, 11) is 1.59. The Labute approximate surface area is 93.7 Å². The van der Waals surface area contributed by atoms with Gasteiger partial charge in [-0.05, 0) is 30.2 Å². The van der Waals surface area contributed by atoms with Gasteiger partial charge in [-0.25, -0.2) is 4.79 Å². The van der Waals surface area contributed by atoms with Gasteiger partial charge in [0.15, 0.2) is 0 Å². The Morgan fingerprint density at radius 1 is 1.38 bits per heavy atom. The molecule has 0 heterocycles. The molecule has 0 aliphatic rings. The van der Waals surface area contributed by atoms with Gasteiger partial charge < -0.3 is 9.47 Å². The number of nitriles is 1. The summed E-state index contributed by atoms with van der Waals surface area (Å²) in [6.45, 7) is 1.76. The van der Waals surface area contributed by atoms with Crippen molar-refractivity contribution >= 4 is 11.5 Å². The van der Waals surface area contributed by atoms with Crippen LogP contribution in [0.5, 0.6) is 5.75 Å². The number of esters is 1. The van der Waals surface area contributed by atoms with Crippen LogP contribution in [-0.2, 0) is 9.53 Å². The van der Waals surface area contributed by atoms with Crippen molar-refractivity contribution in [2.45, 2.75) is 6.92 Å². The molecule has 0 fully saturated rings. The molecule has 0 aliphatic heterocycles. The Kier molecular flexibility index (Phi) is 4.10. The second-order valence-electron chi connectivity index (χ2n) is 3.07. The molecule has 4 nitrogen and oxygen atoms in total. The highest BCUT2D eigenvalue weighted by atomic mass is 16.5. The minimum absolute atomic E-state index is 0.671. The second-order valence-corrected chi connectivity index (χ2v) is 3.07. The molecule has 1 aromatic rings. The van der Waals surface area contributed by atoms with Gasteiger partial charge in [-0.1, -0.05) is 12.1 Å². The zero-order chi connectivity index (χ0) is 12.0. The van der Waals surface area contributed by atoms with Gasteiger partial charge in [0, 0.05) is 6.08 Å². The third kappa shape index (κ3) is 3.14. The first kappa shape index (κ1) is 11.8. The maximum Gasteiger partial charge on any atom is 0.346 e. The molecular formula is C12H11NO3. The van der Waals surface area contributed by atoms with Crippen molar-refractivity contribution in [2.24, 2.45) is 0 Å². The Morgan fingerprint density at radius 2 is 2.00 bits per heavy atom. The van der Waals surface area contributed by atoms with Crippen LogP contribution in [0.1, 0.15) is 12.5 Å². The SMILES string of the molecule is COc1ccc(C(C)=CC(=O)OC#N)cc1. The van der Waals surface area contributed by atoms with Crippen molar-refractivity contribution in [1.82, 2.24) is 0 Å². The molecule has 1 rings (SSSR count). The lowest BCUT2D eigenvalue weighted by atomic mass is 10.1. The summed E-state index contributed by atoms with van der Waals surface area (Å²) in [5.74, 6) is 0.0759. The number of benzene rings is 1. The van der Waals surface area contributed by atoms with Crippen LogP contribution in [0.15, 0.2) is 30.3 Å². The minimum Gasteiger partial charge on any atom is -0.497 e. The van der Waals surface area contributed by atoms with Gasteiger partial charge in [-0.3, -0.25) is 0 Å². The van der Waals surface area contributed by atoms with Crippen molar-refractivity contribution in [3.63, 3.8) is 0 Å². The van der Waals surface area contributed by atoms with Gasteiger partial charge >= 0.3 is 5.97 Å². The molecule has 0 N–H and O–H groups in total. The monoisotopic (exact) mass is 217 g/mol. The molecule has 0 saturated heterocycles. The van der Waals surface area contributed by atoms with E-state index in [9.17, 15) is 4.79 Å². The number of hydrogen-bond acceptors (Lipinski definition) is 4. The number of carbonyl (C=O) groups is 1. The van der Waals surface area contributed by atoms with Gasteiger partial charge in [0.1, 0.15) is 5.75 Å². The molecule has 0 bridgehead atoms. The predicted octanol–water partition coefficient (Wildman–Crippen LogP) is 2.12. The molecule has 0 saturated carbocycles. The molecule has 0 aromatic heterocycles. The number of methoxy groups -OCH3 is 1. The van der Waals surface area contributed by atoms with E-state index in [1.165, 1.54) is 12.3 Å². The lowest BCUT2D eigenvalue weighted by Gasteiger charge is -2.02. The zero-order valence-electron chi connectivity index (χ0n) is 9.06. The highest BCUT2D eigenvalue weighted by molar-refractivity contribution is 5.91. The van der Waals surface area contributed by atoms with E-state index >= 15 is 0 Å². The quantitative estimate of drug-likeness (QED) is 0.442. The van der Waals surface area contributed by atoms with Crippen LogP contribution in [0.25, 0.3) is 5.57 Å². The van der Waals surface area contributed by atoms with Crippen LogP contribution < -0.4 is 4.74 Å². The second kappa shape index (κ2) is 5.56. The average Bonchev–Trinajstić information content (AvgIpc) is 2.29. The van der Waals surface area contributed by atoms with Gasteiger partial charge in [-0.15, -0.1) is 5.26 Å². The van der Waals surface area contributed by atoms with Crippen LogP contribution in [0, 0.1) is 11.5 Å². The molecule has 0 aliphatic carbocycles. The fraction of sp³-hybridized carbons (Fsp3) is 0.167. The third-order valence-electron chi connectivity index (χ3n) is 2.03. The summed E-state index contributed by atoms with van der Waals surface area (Å²) in [6, 6.07) is 7.24. The van der Waals surface area contributed by atoms with Crippen molar-refractivity contribution in [1.29, 1.82) is 5.26 Å². The standard InChI is InChI=1S/C12H11NO3/c1-9(7-12(14)16-8-13)10-3-5-11(15-2)6-4-10/h3-7H,1-2H3. The van der Waals surface area contributed by atoms with Crippen LogP contribution in [0.3, 0.4) is 0 Å². The number of allylic oxidation sites excluding steroid dienone is 1. The fourth-order valence-corrected chi connectivity index (χ4v) is 1.19. The highest BCUT2D eigenvalue weighted by Gasteiger charge is 2.01. The molecule has 0 atom stereocenters. The fourth-order valence-electron chi connectivity index (χ4n) is 1.19. The normalized spacial score (nSPS) is 10.4.